The van der Waals surface area contributed by atoms with Gasteiger partial charge in [0.05, 0.1) is 31.4 Å². The van der Waals surface area contributed by atoms with Crippen molar-refractivity contribution in [2.45, 2.75) is 89.3 Å². The minimum Gasteiger partial charge on any atom is -0.496 e. The number of fused-ring (bicyclic) bond motifs is 8. The molecule has 3 fully saturated rings. The van der Waals surface area contributed by atoms with Gasteiger partial charge in [0.25, 0.3) is 5.91 Å². The van der Waals surface area contributed by atoms with Gasteiger partial charge >= 0.3 is 0 Å². The number of halogens is 1. The molecule has 1 aromatic heterocycles. The van der Waals surface area contributed by atoms with Crippen LogP contribution >= 0.6 is 0 Å². The van der Waals surface area contributed by atoms with E-state index in [1.807, 2.05) is 12.1 Å². The van der Waals surface area contributed by atoms with Crippen LogP contribution in [0.5, 0.6) is 11.5 Å². The van der Waals surface area contributed by atoms with Gasteiger partial charge in [-0.3, -0.25) is 29.5 Å². The molecule has 0 unspecified atom stereocenters. The number of hydrogen-bond acceptors (Lipinski definition) is 9. The summed E-state index contributed by atoms with van der Waals surface area (Å²) in [7, 11) is 1.75. The van der Waals surface area contributed by atoms with E-state index in [0.29, 0.717) is 37.6 Å². The number of hydrogen-bond donors (Lipinski definition) is 2. The first-order chi connectivity index (χ1) is 28.9. The lowest BCUT2D eigenvalue weighted by atomic mass is 9.87. The Morgan fingerprint density at radius 2 is 1.77 bits per heavy atom. The first-order valence-electron chi connectivity index (χ1n) is 21.8. The van der Waals surface area contributed by atoms with Crippen LogP contribution in [0.1, 0.15) is 85.2 Å². The molecule has 6 aliphatic rings. The van der Waals surface area contributed by atoms with Gasteiger partial charge in [0.15, 0.2) is 0 Å². The van der Waals surface area contributed by atoms with Crippen molar-refractivity contribution >= 4 is 40.0 Å². The summed E-state index contributed by atoms with van der Waals surface area (Å²) in [5.41, 5.74) is 6.87. The Hall–Kier alpha value is -5.14. The molecule has 0 spiro atoms. The van der Waals surface area contributed by atoms with E-state index in [9.17, 15) is 14.4 Å². The molecule has 13 heteroatoms. The molecule has 4 aromatic rings. The molecule has 3 amide bonds. The number of aromatic nitrogens is 1. The molecule has 0 radical (unpaired) electrons. The number of piperazine rings is 1. The summed E-state index contributed by atoms with van der Waals surface area (Å²) in [5, 5.41) is 3.63. The normalized spacial score (nSPS) is 25.1. The number of nitrogens with one attached hydrogen (secondary N) is 2. The van der Waals surface area contributed by atoms with Gasteiger partial charge in [0.2, 0.25) is 11.8 Å². The van der Waals surface area contributed by atoms with E-state index >= 15 is 4.39 Å². The summed E-state index contributed by atoms with van der Waals surface area (Å²) in [6.45, 7) is 12.5. The van der Waals surface area contributed by atoms with E-state index in [0.717, 1.165) is 104 Å². The highest BCUT2D eigenvalue weighted by atomic mass is 19.1. The van der Waals surface area contributed by atoms with Crippen LogP contribution < -0.4 is 24.6 Å². The number of aromatic amines is 1. The largest absolute Gasteiger partial charge is 0.496 e. The zero-order valence-electron chi connectivity index (χ0n) is 35.1. The molecule has 0 bridgehead atoms. The SMILES string of the molecule is COc1cc(N2CCC(CN3CCN4c5ccc6c(c5OC[C@H]4C3)CN([C@H]3CCC(=O)NC3=O)C6=O)CC2)ccc1[C@@H]1c2[nH]c3ccccc3c2C[C@@H](C)N1CC(C)(C)F. The molecule has 2 N–H and O–H groups in total. The second kappa shape index (κ2) is 15.1. The molecule has 316 valence electrons. The molecule has 10 rings (SSSR count). The lowest BCUT2D eigenvalue weighted by molar-refractivity contribution is -0.136. The summed E-state index contributed by atoms with van der Waals surface area (Å²) in [5.74, 6) is 1.32. The highest BCUT2D eigenvalue weighted by Crippen LogP contribution is 2.46. The number of rotatable bonds is 8. The Bertz CT molecular complexity index is 2350. The van der Waals surface area contributed by atoms with E-state index in [1.165, 1.54) is 10.9 Å². The van der Waals surface area contributed by atoms with Gasteiger partial charge < -0.3 is 29.2 Å². The van der Waals surface area contributed by atoms with Gasteiger partial charge in [0, 0.05) is 103 Å². The van der Waals surface area contributed by atoms with E-state index in [1.54, 1.807) is 25.9 Å². The van der Waals surface area contributed by atoms with E-state index in [-0.39, 0.29) is 36.4 Å². The van der Waals surface area contributed by atoms with Crippen molar-refractivity contribution in [3.8, 4) is 11.5 Å². The van der Waals surface area contributed by atoms with Gasteiger partial charge in [0.1, 0.15) is 29.8 Å². The van der Waals surface area contributed by atoms with E-state index in [2.05, 4.69) is 79.3 Å². The van der Waals surface area contributed by atoms with Crippen LogP contribution in [-0.2, 0) is 22.6 Å². The first-order valence-corrected chi connectivity index (χ1v) is 21.8. The molecular weight excluding hydrogens is 762 g/mol. The van der Waals surface area contributed by atoms with Gasteiger partial charge in [-0.25, -0.2) is 4.39 Å². The fourth-order valence-electron chi connectivity index (χ4n) is 11.1. The second-order valence-corrected chi connectivity index (χ2v) is 18.5. The predicted octanol–water partition coefficient (Wildman–Crippen LogP) is 5.82. The van der Waals surface area contributed by atoms with Crippen LogP contribution in [0, 0.1) is 5.92 Å². The van der Waals surface area contributed by atoms with Crippen molar-refractivity contribution < 1.29 is 28.2 Å². The van der Waals surface area contributed by atoms with Crippen molar-refractivity contribution in [3.63, 3.8) is 0 Å². The van der Waals surface area contributed by atoms with Crippen molar-refractivity contribution in [1.29, 1.82) is 0 Å². The fourth-order valence-corrected chi connectivity index (χ4v) is 11.1. The van der Waals surface area contributed by atoms with Gasteiger partial charge in [-0.1, -0.05) is 24.3 Å². The molecule has 60 heavy (non-hydrogen) atoms. The third kappa shape index (κ3) is 6.87. The Labute approximate surface area is 350 Å². The lowest BCUT2D eigenvalue weighted by Gasteiger charge is -2.47. The second-order valence-electron chi connectivity index (χ2n) is 18.5. The van der Waals surface area contributed by atoms with Crippen molar-refractivity contribution in [2.75, 3.05) is 69.3 Å². The highest BCUT2D eigenvalue weighted by molar-refractivity contribution is 6.06. The first kappa shape index (κ1) is 39.0. The predicted molar refractivity (Wildman–Crippen MR) is 229 cm³/mol. The maximum absolute atomic E-state index is 15.4. The van der Waals surface area contributed by atoms with Crippen LogP contribution in [0.3, 0.4) is 0 Å². The Balaban J connectivity index is 0.788. The zero-order chi connectivity index (χ0) is 41.4. The molecule has 4 atom stereocenters. The molecule has 12 nitrogen and oxygen atoms in total. The Morgan fingerprint density at radius 1 is 0.950 bits per heavy atom. The molecule has 6 aliphatic heterocycles. The van der Waals surface area contributed by atoms with Crippen molar-refractivity contribution in [3.05, 3.63) is 82.5 Å². The highest BCUT2D eigenvalue weighted by Gasteiger charge is 2.44. The minimum atomic E-state index is -1.36. The molecular formula is C47H56FN7O5. The standard InChI is InChI=1S/C47H56FN7O5/c1-28-21-35-32-7-5-6-8-37(32)49-42(35)43(55(28)27-47(2,3)48)34-10-9-30(22-40(34)59-4)52-17-15-29(16-18-52)23-51-19-20-53-31(24-51)26-60-44-36-25-54(39-13-14-41(56)50-45(39)57)46(58)33(36)11-12-38(44)53/h5-12,22,28-29,31,39,43,49H,13-21,23-27H2,1-4H3,(H,50,56,57)/t28-,31-,39+,43-/m1/s1. The van der Waals surface area contributed by atoms with E-state index in [4.69, 9.17) is 9.47 Å². The fraction of sp³-hybridized carbons (Fsp3) is 0.511. The maximum atomic E-state index is 15.4. The van der Waals surface area contributed by atoms with Crippen LogP contribution in [-0.4, -0.2) is 121 Å². The number of carbonyl (C=O) groups is 3. The minimum absolute atomic E-state index is 0.150. The van der Waals surface area contributed by atoms with Gasteiger partial charge in [-0.2, -0.15) is 0 Å². The molecule has 0 saturated carbocycles. The number of alkyl halides is 1. The summed E-state index contributed by atoms with van der Waals surface area (Å²) >= 11 is 0. The summed E-state index contributed by atoms with van der Waals surface area (Å²) in [6, 6.07) is 18.6. The van der Waals surface area contributed by atoms with Crippen LogP contribution in [0.4, 0.5) is 15.8 Å². The number of nitrogens with zero attached hydrogens (tertiary/aromatic N) is 5. The Morgan fingerprint density at radius 3 is 2.55 bits per heavy atom. The number of imide groups is 1. The number of anilines is 2. The number of piperidine rings is 2. The van der Waals surface area contributed by atoms with Gasteiger partial charge in [-0.05, 0) is 82.2 Å². The third-order valence-corrected chi connectivity index (χ3v) is 14.0. The lowest BCUT2D eigenvalue weighted by Crippen LogP contribution is -2.58. The van der Waals surface area contributed by atoms with Crippen LogP contribution in [0.25, 0.3) is 10.9 Å². The number of H-pyrrole nitrogens is 1. The number of amides is 3. The quantitative estimate of drug-likeness (QED) is 0.213. The van der Waals surface area contributed by atoms with E-state index < -0.39 is 17.6 Å². The van der Waals surface area contributed by atoms with Crippen molar-refractivity contribution in [2.24, 2.45) is 5.92 Å². The molecule has 7 heterocycles. The third-order valence-electron chi connectivity index (χ3n) is 14.0. The topological polar surface area (TPSA) is 114 Å². The number of methoxy groups -OCH3 is 1. The molecule has 3 aromatic carbocycles. The van der Waals surface area contributed by atoms with Crippen molar-refractivity contribution in [1.82, 2.24) is 25.0 Å². The average molecular weight is 818 g/mol. The number of ether oxygens (including phenoxy) is 2. The average Bonchev–Trinajstić information content (AvgIpc) is 3.77. The number of benzene rings is 3. The van der Waals surface area contributed by atoms with Crippen LogP contribution in [0.15, 0.2) is 54.6 Å². The monoisotopic (exact) mass is 817 g/mol. The smallest absolute Gasteiger partial charge is 0.255 e. The van der Waals surface area contributed by atoms with Crippen LogP contribution in [0.2, 0.25) is 0 Å². The molecule has 3 saturated heterocycles. The van der Waals surface area contributed by atoms with Gasteiger partial charge in [-0.15, -0.1) is 0 Å². The summed E-state index contributed by atoms with van der Waals surface area (Å²) in [6.07, 6.45) is 3.65. The maximum Gasteiger partial charge on any atom is 0.255 e. The molecule has 0 aliphatic carbocycles. The number of carbonyl (C=O) groups excluding carboxylic acids is 3. The Kier molecular flexibility index (Phi) is 9.82. The summed E-state index contributed by atoms with van der Waals surface area (Å²) in [4.78, 5) is 52.9. The number of para-hydroxylation sites is 1. The summed E-state index contributed by atoms with van der Waals surface area (Å²) < 4.78 is 28.0. The zero-order valence-corrected chi connectivity index (χ0v) is 35.1.